The molecule has 7 nitrogen and oxygen atoms in total. The first kappa shape index (κ1) is 17.2. The molecule has 1 amide bonds. The van der Waals surface area contributed by atoms with Crippen LogP contribution in [-0.4, -0.2) is 58.3 Å². The Labute approximate surface area is 117 Å². The number of carbonyl (C=O) groups excluding carboxylic acids is 1. The predicted molar refractivity (Wildman–Crippen MR) is 62.2 cm³/mol. The lowest BCUT2D eigenvalue weighted by atomic mass is 9.86. The van der Waals surface area contributed by atoms with E-state index >= 15 is 0 Å². The van der Waals surface area contributed by atoms with Gasteiger partial charge >= 0.3 is 18.1 Å². The van der Waals surface area contributed by atoms with Crippen LogP contribution in [0.4, 0.5) is 13.2 Å². The Morgan fingerprint density at radius 3 is 2.24 bits per heavy atom. The molecule has 4 N–H and O–H groups in total. The molecule has 1 aliphatic heterocycles. The lowest BCUT2D eigenvalue weighted by Gasteiger charge is -2.28. The maximum Gasteiger partial charge on any atom is 0.406 e. The van der Waals surface area contributed by atoms with Crippen molar-refractivity contribution in [2.75, 3.05) is 13.1 Å². The highest BCUT2D eigenvalue weighted by molar-refractivity contribution is 5.85. The van der Waals surface area contributed by atoms with Crippen LogP contribution in [0.1, 0.15) is 19.3 Å². The Morgan fingerprint density at radius 1 is 1.29 bits per heavy atom. The Morgan fingerprint density at radius 2 is 1.86 bits per heavy atom. The smallest absolute Gasteiger partial charge is 0.406 e. The molecule has 2 atom stereocenters. The van der Waals surface area contributed by atoms with Gasteiger partial charge in [-0.05, 0) is 12.8 Å². The minimum atomic E-state index is -4.99. The fourth-order valence-electron chi connectivity index (χ4n) is 2.16. The van der Waals surface area contributed by atoms with Gasteiger partial charge in [0.25, 0.3) is 0 Å². The molecule has 1 aliphatic rings. The zero-order valence-corrected chi connectivity index (χ0v) is 10.9. The summed E-state index contributed by atoms with van der Waals surface area (Å²) in [5.41, 5.74) is 2.44. The number of nitrogens with zero attached hydrogens (tertiary/aromatic N) is 1. The third-order valence-corrected chi connectivity index (χ3v) is 3.52. The van der Waals surface area contributed by atoms with E-state index in [-0.39, 0.29) is 13.0 Å². The van der Waals surface area contributed by atoms with E-state index in [1.807, 2.05) is 0 Å². The molecule has 120 valence electrons. The van der Waals surface area contributed by atoms with Crippen molar-refractivity contribution in [2.24, 2.45) is 11.1 Å². The molecule has 1 rings (SSSR count). The minimum absolute atomic E-state index is 0.225. The summed E-state index contributed by atoms with van der Waals surface area (Å²) in [5.74, 6) is -4.09. The molecule has 0 aromatic heterocycles. The van der Waals surface area contributed by atoms with Gasteiger partial charge in [-0.3, -0.25) is 14.4 Å². The molecule has 0 aliphatic carbocycles. The standard InChI is InChI=1S/C11H15F3N2O5/c12-11(13,14)10(9(20)21)3-4-16(5-10)8(19)6(15)1-2-7(17)18/h6H,1-5,15H2,(H,17,18)(H,20,21). The monoisotopic (exact) mass is 312 g/mol. The molecule has 0 aromatic carbocycles. The molecule has 21 heavy (non-hydrogen) atoms. The maximum atomic E-state index is 12.9. The Bertz CT molecular complexity index is 454. The molecule has 10 heteroatoms. The first-order valence-corrected chi connectivity index (χ1v) is 6.07. The summed E-state index contributed by atoms with van der Waals surface area (Å²) in [7, 11) is 0. The molecule has 0 aromatic rings. The van der Waals surface area contributed by atoms with Crippen LogP contribution >= 0.6 is 0 Å². The number of carboxylic acids is 2. The molecule has 1 fully saturated rings. The van der Waals surface area contributed by atoms with Gasteiger partial charge in [0.05, 0.1) is 6.04 Å². The topological polar surface area (TPSA) is 121 Å². The number of likely N-dealkylation sites (tertiary alicyclic amines) is 1. The van der Waals surface area contributed by atoms with Gasteiger partial charge in [0.15, 0.2) is 5.41 Å². The van der Waals surface area contributed by atoms with Crippen LogP contribution in [-0.2, 0) is 14.4 Å². The summed E-state index contributed by atoms with van der Waals surface area (Å²) in [6.45, 7) is -1.39. The Balaban J connectivity index is 2.78. The number of amides is 1. The summed E-state index contributed by atoms with van der Waals surface area (Å²) in [5, 5.41) is 17.3. The Kier molecular flexibility index (Phi) is 4.82. The SMILES string of the molecule is NC(CCC(=O)O)C(=O)N1CCC(C(=O)O)(C(F)(F)F)C1. The summed E-state index contributed by atoms with van der Waals surface area (Å²) in [6, 6.07) is -1.26. The molecular weight excluding hydrogens is 297 g/mol. The predicted octanol–water partition coefficient (Wildman–Crippen LogP) is 0.0441. The second-order valence-electron chi connectivity index (χ2n) is 4.93. The second-order valence-corrected chi connectivity index (χ2v) is 4.93. The average Bonchev–Trinajstić information content (AvgIpc) is 2.80. The van der Waals surface area contributed by atoms with Gasteiger partial charge in [-0.1, -0.05) is 0 Å². The van der Waals surface area contributed by atoms with Gasteiger partial charge in [-0.25, -0.2) is 0 Å². The number of aliphatic carboxylic acids is 2. The summed E-state index contributed by atoms with van der Waals surface area (Å²) in [6.07, 6.45) is -6.36. The summed E-state index contributed by atoms with van der Waals surface area (Å²) < 4.78 is 38.8. The molecule has 1 heterocycles. The highest BCUT2D eigenvalue weighted by Crippen LogP contribution is 2.45. The molecule has 0 radical (unpaired) electrons. The van der Waals surface area contributed by atoms with E-state index in [0.29, 0.717) is 0 Å². The number of alkyl halides is 3. The quantitative estimate of drug-likeness (QED) is 0.659. The molecule has 0 spiro atoms. The fourth-order valence-corrected chi connectivity index (χ4v) is 2.16. The number of hydrogen-bond donors (Lipinski definition) is 3. The van der Waals surface area contributed by atoms with E-state index in [2.05, 4.69) is 0 Å². The van der Waals surface area contributed by atoms with E-state index in [9.17, 15) is 27.6 Å². The van der Waals surface area contributed by atoms with E-state index in [4.69, 9.17) is 15.9 Å². The fraction of sp³-hybridized carbons (Fsp3) is 0.727. The van der Waals surface area contributed by atoms with E-state index in [0.717, 1.165) is 4.90 Å². The van der Waals surface area contributed by atoms with Crippen LogP contribution in [0.3, 0.4) is 0 Å². The minimum Gasteiger partial charge on any atom is -0.481 e. The van der Waals surface area contributed by atoms with Gasteiger partial charge in [0.2, 0.25) is 5.91 Å². The van der Waals surface area contributed by atoms with Crippen molar-refractivity contribution in [3.8, 4) is 0 Å². The first-order valence-electron chi connectivity index (χ1n) is 6.07. The van der Waals surface area contributed by atoms with Crippen molar-refractivity contribution in [2.45, 2.75) is 31.5 Å². The van der Waals surface area contributed by atoms with Gasteiger partial charge in [0, 0.05) is 19.5 Å². The number of nitrogens with two attached hydrogens (primary N) is 1. The highest BCUT2D eigenvalue weighted by Gasteiger charge is 2.64. The van der Waals surface area contributed by atoms with Crippen molar-refractivity contribution in [3.63, 3.8) is 0 Å². The number of hydrogen-bond acceptors (Lipinski definition) is 4. The zero-order chi connectivity index (χ0) is 16.4. The van der Waals surface area contributed by atoms with Gasteiger partial charge in [-0.15, -0.1) is 0 Å². The van der Waals surface area contributed by atoms with Gasteiger partial charge in [-0.2, -0.15) is 13.2 Å². The van der Waals surface area contributed by atoms with Crippen LogP contribution in [0.5, 0.6) is 0 Å². The lowest BCUT2D eigenvalue weighted by Crippen LogP contribution is -2.49. The number of rotatable bonds is 5. The molecular formula is C11H15F3N2O5. The van der Waals surface area contributed by atoms with Crippen LogP contribution in [0.15, 0.2) is 0 Å². The zero-order valence-electron chi connectivity index (χ0n) is 10.9. The van der Waals surface area contributed by atoms with Gasteiger partial charge < -0.3 is 20.8 Å². The number of halogens is 3. The van der Waals surface area contributed by atoms with E-state index in [1.165, 1.54) is 0 Å². The largest absolute Gasteiger partial charge is 0.481 e. The normalized spacial score (nSPS) is 23.9. The first-order chi connectivity index (χ1) is 9.51. The van der Waals surface area contributed by atoms with Crippen LogP contribution in [0, 0.1) is 5.41 Å². The van der Waals surface area contributed by atoms with E-state index in [1.54, 1.807) is 0 Å². The number of carboxylic acid groups (broad SMARTS) is 2. The van der Waals surface area contributed by atoms with Crippen LogP contribution in [0.2, 0.25) is 0 Å². The van der Waals surface area contributed by atoms with Gasteiger partial charge in [0.1, 0.15) is 0 Å². The third-order valence-electron chi connectivity index (χ3n) is 3.52. The molecule has 1 saturated heterocycles. The van der Waals surface area contributed by atoms with E-state index < -0.39 is 54.9 Å². The maximum absolute atomic E-state index is 12.9. The third kappa shape index (κ3) is 3.43. The summed E-state index contributed by atoms with van der Waals surface area (Å²) >= 11 is 0. The summed E-state index contributed by atoms with van der Waals surface area (Å²) in [4.78, 5) is 33.9. The lowest BCUT2D eigenvalue weighted by molar-refractivity contribution is -0.227. The van der Waals surface area contributed by atoms with Crippen molar-refractivity contribution in [1.82, 2.24) is 4.90 Å². The molecule has 0 bridgehead atoms. The second kappa shape index (κ2) is 5.88. The average molecular weight is 312 g/mol. The molecule has 2 unspecified atom stereocenters. The van der Waals surface area contributed by atoms with Crippen molar-refractivity contribution in [1.29, 1.82) is 0 Å². The number of carbonyl (C=O) groups is 3. The van der Waals surface area contributed by atoms with Crippen LogP contribution in [0.25, 0.3) is 0 Å². The van der Waals surface area contributed by atoms with Crippen LogP contribution < -0.4 is 5.73 Å². The van der Waals surface area contributed by atoms with Crippen molar-refractivity contribution < 1.29 is 37.8 Å². The van der Waals surface area contributed by atoms with Crippen molar-refractivity contribution >= 4 is 17.8 Å². The van der Waals surface area contributed by atoms with Crippen molar-refractivity contribution in [3.05, 3.63) is 0 Å². The highest BCUT2D eigenvalue weighted by atomic mass is 19.4. The Hall–Kier alpha value is -1.84. The molecule has 0 saturated carbocycles.